The highest BCUT2D eigenvalue weighted by Gasteiger charge is 2.22. The van der Waals surface area contributed by atoms with Crippen molar-refractivity contribution in [2.45, 2.75) is 24.1 Å². The van der Waals surface area contributed by atoms with Crippen LogP contribution in [0.25, 0.3) is 22.4 Å². The first-order valence-electron chi connectivity index (χ1n) is 9.03. The van der Waals surface area contributed by atoms with Gasteiger partial charge in [-0.1, -0.05) is 72.4 Å². The second-order valence-electron chi connectivity index (χ2n) is 6.09. The summed E-state index contributed by atoms with van der Waals surface area (Å²) in [6.45, 7) is 3.86. The van der Waals surface area contributed by atoms with Gasteiger partial charge in [-0.05, 0) is 25.5 Å². The number of hydrogen-bond donors (Lipinski definition) is 0. The fourth-order valence-corrected chi connectivity index (χ4v) is 3.72. The summed E-state index contributed by atoms with van der Waals surface area (Å²) in [5, 5.41) is 9.92. The largest absolute Gasteiger partial charge is 0.465 e. The highest BCUT2D eigenvalue weighted by Crippen LogP contribution is 2.35. The van der Waals surface area contributed by atoms with Crippen LogP contribution in [0.3, 0.4) is 0 Å². The van der Waals surface area contributed by atoms with Gasteiger partial charge in [0.15, 0.2) is 0 Å². The monoisotopic (exact) mass is 388 g/mol. The number of hydrogen-bond acceptors (Lipinski definition) is 5. The summed E-state index contributed by atoms with van der Waals surface area (Å²) in [4.78, 5) is 16.8. The van der Waals surface area contributed by atoms with E-state index in [0.717, 1.165) is 22.4 Å². The number of carbonyl (C=O) groups is 1. The van der Waals surface area contributed by atoms with Crippen LogP contribution in [-0.2, 0) is 9.53 Å². The molecule has 0 aliphatic rings. The van der Waals surface area contributed by atoms with Gasteiger partial charge in [0.2, 0.25) is 0 Å². The molecule has 0 amide bonds. The zero-order chi connectivity index (χ0) is 19.9. The molecule has 0 bridgehead atoms. The Kier molecular flexibility index (Phi) is 6.46. The number of pyridine rings is 1. The van der Waals surface area contributed by atoms with Crippen LogP contribution in [0.15, 0.2) is 71.8 Å². The van der Waals surface area contributed by atoms with Crippen molar-refractivity contribution in [1.29, 1.82) is 5.26 Å². The first kappa shape index (κ1) is 19.7. The second kappa shape index (κ2) is 9.20. The molecule has 3 aromatic rings. The van der Waals surface area contributed by atoms with Crippen LogP contribution >= 0.6 is 11.8 Å². The van der Waals surface area contributed by atoms with Gasteiger partial charge in [-0.25, -0.2) is 4.98 Å². The van der Waals surface area contributed by atoms with Crippen LogP contribution in [0.4, 0.5) is 0 Å². The molecule has 0 saturated heterocycles. The van der Waals surface area contributed by atoms with Gasteiger partial charge in [0.25, 0.3) is 0 Å². The summed E-state index contributed by atoms with van der Waals surface area (Å²) in [5.41, 5.74) is 3.92. The van der Waals surface area contributed by atoms with Gasteiger partial charge in [0.05, 0.1) is 17.9 Å². The molecule has 1 atom stereocenters. The lowest BCUT2D eigenvalue weighted by atomic mass is 9.99. The third kappa shape index (κ3) is 4.41. The van der Waals surface area contributed by atoms with Gasteiger partial charge < -0.3 is 4.74 Å². The quantitative estimate of drug-likeness (QED) is 0.422. The fraction of sp³-hybridized carbons (Fsp3) is 0.174. The molecule has 0 aliphatic carbocycles. The molecular weight excluding hydrogens is 368 g/mol. The SMILES string of the molecule is CCOC(=O)C(C)Sc1nc(-c2ccccc2)cc(-c2ccccc2)c1C#N. The van der Waals surface area contributed by atoms with E-state index >= 15 is 0 Å². The predicted octanol–water partition coefficient (Wildman–Crippen LogP) is 5.33. The predicted molar refractivity (Wildman–Crippen MR) is 112 cm³/mol. The molecule has 1 unspecified atom stereocenters. The Morgan fingerprint density at radius 2 is 1.71 bits per heavy atom. The van der Waals surface area contributed by atoms with Crippen LogP contribution in [0.5, 0.6) is 0 Å². The standard InChI is InChI=1S/C23H20N2O2S/c1-3-27-23(26)16(2)28-22-20(15-24)19(17-10-6-4-7-11-17)14-21(25-22)18-12-8-5-9-13-18/h4-14,16H,3H2,1-2H3. The van der Waals surface area contributed by atoms with Crippen LogP contribution in [0, 0.1) is 11.3 Å². The van der Waals surface area contributed by atoms with Gasteiger partial charge in [-0.3, -0.25) is 4.79 Å². The molecule has 1 aromatic heterocycles. The summed E-state index contributed by atoms with van der Waals surface area (Å²) in [5.74, 6) is -0.315. The number of esters is 1. The molecular formula is C23H20N2O2S. The first-order valence-corrected chi connectivity index (χ1v) is 9.91. The molecule has 0 radical (unpaired) electrons. The highest BCUT2D eigenvalue weighted by molar-refractivity contribution is 8.00. The Morgan fingerprint density at radius 3 is 2.29 bits per heavy atom. The number of rotatable bonds is 6. The van der Waals surface area contributed by atoms with E-state index in [4.69, 9.17) is 9.72 Å². The molecule has 28 heavy (non-hydrogen) atoms. The van der Waals surface area contributed by atoms with Crippen molar-refractivity contribution in [2.24, 2.45) is 0 Å². The maximum atomic E-state index is 12.1. The number of thioether (sulfide) groups is 1. The molecule has 140 valence electrons. The van der Waals surface area contributed by atoms with Crippen molar-refractivity contribution in [3.05, 3.63) is 72.3 Å². The summed E-state index contributed by atoms with van der Waals surface area (Å²) >= 11 is 1.25. The minimum atomic E-state index is -0.464. The first-order chi connectivity index (χ1) is 13.6. The van der Waals surface area contributed by atoms with E-state index in [0.29, 0.717) is 17.2 Å². The van der Waals surface area contributed by atoms with E-state index in [1.54, 1.807) is 13.8 Å². The number of nitriles is 1. The number of carbonyl (C=O) groups excluding carboxylic acids is 1. The highest BCUT2D eigenvalue weighted by atomic mass is 32.2. The summed E-state index contributed by atoms with van der Waals surface area (Å²) < 4.78 is 5.11. The van der Waals surface area contributed by atoms with E-state index in [1.807, 2.05) is 66.7 Å². The van der Waals surface area contributed by atoms with Gasteiger partial charge in [-0.2, -0.15) is 5.26 Å². The zero-order valence-electron chi connectivity index (χ0n) is 15.8. The maximum absolute atomic E-state index is 12.1. The van der Waals surface area contributed by atoms with Gasteiger partial charge in [-0.15, -0.1) is 0 Å². The average molecular weight is 388 g/mol. The Labute approximate surface area is 169 Å². The van der Waals surface area contributed by atoms with Gasteiger partial charge in [0, 0.05) is 11.1 Å². The lowest BCUT2D eigenvalue weighted by Crippen LogP contribution is -2.17. The zero-order valence-corrected chi connectivity index (χ0v) is 16.6. The Morgan fingerprint density at radius 1 is 1.11 bits per heavy atom. The minimum absolute atomic E-state index is 0.315. The second-order valence-corrected chi connectivity index (χ2v) is 7.42. The van der Waals surface area contributed by atoms with E-state index in [-0.39, 0.29) is 5.97 Å². The molecule has 2 aromatic carbocycles. The number of benzene rings is 2. The molecule has 1 heterocycles. The smallest absolute Gasteiger partial charge is 0.319 e. The fourth-order valence-electron chi connectivity index (χ4n) is 2.79. The molecule has 5 heteroatoms. The molecule has 0 spiro atoms. The van der Waals surface area contributed by atoms with Crippen molar-refractivity contribution in [3.8, 4) is 28.5 Å². The minimum Gasteiger partial charge on any atom is -0.465 e. The molecule has 4 nitrogen and oxygen atoms in total. The topological polar surface area (TPSA) is 63.0 Å². The number of ether oxygens (including phenoxy) is 1. The summed E-state index contributed by atoms with van der Waals surface area (Å²) in [7, 11) is 0. The van der Waals surface area contributed by atoms with Crippen LogP contribution in [0.2, 0.25) is 0 Å². The lowest BCUT2D eigenvalue weighted by molar-refractivity contribution is -0.142. The number of aromatic nitrogens is 1. The molecule has 0 aliphatic heterocycles. The number of nitrogens with zero attached hydrogens (tertiary/aromatic N) is 2. The Balaban J connectivity index is 2.14. The van der Waals surface area contributed by atoms with Crippen molar-refractivity contribution in [2.75, 3.05) is 6.61 Å². The van der Waals surface area contributed by atoms with Crippen molar-refractivity contribution in [1.82, 2.24) is 4.98 Å². The van der Waals surface area contributed by atoms with Gasteiger partial charge in [0.1, 0.15) is 16.3 Å². The lowest BCUT2D eigenvalue weighted by Gasteiger charge is -2.15. The van der Waals surface area contributed by atoms with E-state index in [2.05, 4.69) is 6.07 Å². The van der Waals surface area contributed by atoms with Crippen LogP contribution in [-0.4, -0.2) is 22.8 Å². The third-order valence-electron chi connectivity index (χ3n) is 4.16. The van der Waals surface area contributed by atoms with Crippen LogP contribution in [0.1, 0.15) is 19.4 Å². The molecule has 3 rings (SSSR count). The average Bonchev–Trinajstić information content (AvgIpc) is 2.74. The van der Waals surface area contributed by atoms with Crippen LogP contribution < -0.4 is 0 Å². The third-order valence-corrected chi connectivity index (χ3v) is 5.22. The van der Waals surface area contributed by atoms with Crippen molar-refractivity contribution >= 4 is 17.7 Å². The summed E-state index contributed by atoms with van der Waals surface area (Å²) in [6, 6.07) is 23.8. The van der Waals surface area contributed by atoms with Crippen molar-refractivity contribution in [3.63, 3.8) is 0 Å². The molecule has 0 fully saturated rings. The van der Waals surface area contributed by atoms with Crippen molar-refractivity contribution < 1.29 is 9.53 Å². The molecule has 0 N–H and O–H groups in total. The molecule has 0 saturated carbocycles. The van der Waals surface area contributed by atoms with E-state index < -0.39 is 5.25 Å². The van der Waals surface area contributed by atoms with E-state index in [9.17, 15) is 10.1 Å². The maximum Gasteiger partial charge on any atom is 0.319 e. The Hall–Kier alpha value is -3.10. The normalized spacial score (nSPS) is 11.5. The Bertz CT molecular complexity index is 998. The van der Waals surface area contributed by atoms with Gasteiger partial charge >= 0.3 is 5.97 Å². The van der Waals surface area contributed by atoms with E-state index in [1.165, 1.54) is 11.8 Å². The summed E-state index contributed by atoms with van der Waals surface area (Å²) in [6.07, 6.45) is 0.